The van der Waals surface area contributed by atoms with Gasteiger partial charge in [0.1, 0.15) is 0 Å². The lowest BCUT2D eigenvalue weighted by atomic mass is 10.1. The van der Waals surface area contributed by atoms with E-state index in [0.717, 1.165) is 5.56 Å². The third kappa shape index (κ3) is 4.70. The molecule has 0 unspecified atom stereocenters. The summed E-state index contributed by atoms with van der Waals surface area (Å²) in [5, 5.41) is 13.9. The van der Waals surface area contributed by atoms with Crippen LogP contribution in [0.1, 0.15) is 27.6 Å². The molecule has 1 aromatic heterocycles. The molecule has 0 saturated heterocycles. The van der Waals surface area contributed by atoms with Crippen molar-refractivity contribution in [3.63, 3.8) is 0 Å². The van der Waals surface area contributed by atoms with Gasteiger partial charge in [-0.15, -0.1) is 0 Å². The molecule has 1 heterocycles. The van der Waals surface area contributed by atoms with Crippen molar-refractivity contribution < 1.29 is 19.1 Å². The molecular formula is C21H18N2O4. The van der Waals surface area contributed by atoms with Crippen LogP contribution in [0.15, 0.2) is 79.1 Å². The van der Waals surface area contributed by atoms with E-state index in [1.54, 1.807) is 36.4 Å². The Bertz CT molecular complexity index is 923. The summed E-state index contributed by atoms with van der Waals surface area (Å²) in [5.41, 5.74) is 2.41. The first-order valence-corrected chi connectivity index (χ1v) is 8.35. The van der Waals surface area contributed by atoms with Gasteiger partial charge >= 0.3 is 5.97 Å². The van der Waals surface area contributed by atoms with E-state index in [4.69, 9.17) is 4.74 Å². The zero-order valence-corrected chi connectivity index (χ0v) is 14.7. The second-order valence-electron chi connectivity index (χ2n) is 6.00. The second-order valence-corrected chi connectivity index (χ2v) is 6.00. The van der Waals surface area contributed by atoms with Gasteiger partial charge in [0.05, 0.1) is 5.56 Å². The summed E-state index contributed by atoms with van der Waals surface area (Å²) in [6, 6.07) is 18.8. The van der Waals surface area contributed by atoms with Crippen LogP contribution in [0.3, 0.4) is 0 Å². The number of rotatable bonds is 5. The number of pyridine rings is 1. The molecule has 3 rings (SSSR count). The van der Waals surface area contributed by atoms with Gasteiger partial charge in [-0.3, -0.25) is 4.79 Å². The second kappa shape index (κ2) is 8.14. The number of hydrogen-bond acceptors (Lipinski definition) is 4. The Balaban J connectivity index is 1.82. The zero-order valence-electron chi connectivity index (χ0n) is 14.7. The van der Waals surface area contributed by atoms with Crippen molar-refractivity contribution in [2.45, 2.75) is 13.0 Å². The maximum Gasteiger partial charge on any atom is 0.339 e. The Morgan fingerprint density at radius 1 is 0.963 bits per heavy atom. The van der Waals surface area contributed by atoms with Crippen molar-refractivity contribution in [3.8, 4) is 0 Å². The predicted octanol–water partition coefficient (Wildman–Crippen LogP) is 3.17. The molecule has 136 valence electrons. The maximum absolute atomic E-state index is 12.8. The topological polar surface area (TPSA) is 82.3 Å². The third-order valence-electron chi connectivity index (χ3n) is 3.92. The molecule has 0 aliphatic heterocycles. The Morgan fingerprint density at radius 2 is 1.59 bits per heavy atom. The number of hydrogen-bond donors (Lipinski definition) is 1. The van der Waals surface area contributed by atoms with Gasteiger partial charge in [0, 0.05) is 23.4 Å². The van der Waals surface area contributed by atoms with Crippen LogP contribution in [-0.2, 0) is 9.53 Å². The number of esters is 1. The van der Waals surface area contributed by atoms with E-state index < -0.39 is 18.0 Å². The molecule has 1 atom stereocenters. The van der Waals surface area contributed by atoms with Crippen molar-refractivity contribution in [1.29, 1.82) is 0 Å². The van der Waals surface area contributed by atoms with Gasteiger partial charge in [0.25, 0.3) is 5.91 Å². The van der Waals surface area contributed by atoms with Crippen LogP contribution < -0.4 is 10.0 Å². The van der Waals surface area contributed by atoms with Crippen LogP contribution in [-0.4, -0.2) is 11.9 Å². The summed E-state index contributed by atoms with van der Waals surface area (Å²) < 4.78 is 6.02. The Hall–Kier alpha value is -3.67. The molecule has 1 amide bonds. The Kier molecular flexibility index (Phi) is 5.47. The van der Waals surface area contributed by atoms with Gasteiger partial charge in [-0.25, -0.2) is 4.79 Å². The van der Waals surface area contributed by atoms with Crippen LogP contribution >= 0.6 is 0 Å². The van der Waals surface area contributed by atoms with Crippen molar-refractivity contribution in [1.82, 2.24) is 0 Å². The number of amides is 1. The quantitative estimate of drug-likeness (QED) is 0.429. The average molecular weight is 362 g/mol. The highest BCUT2D eigenvalue weighted by Crippen LogP contribution is 2.21. The lowest BCUT2D eigenvalue weighted by Gasteiger charge is -2.18. The summed E-state index contributed by atoms with van der Waals surface area (Å²) in [6.45, 7) is 1.95. The van der Waals surface area contributed by atoms with Crippen LogP contribution in [0.25, 0.3) is 0 Å². The molecule has 6 heteroatoms. The minimum absolute atomic E-state index is 0.186. The fourth-order valence-electron chi connectivity index (χ4n) is 2.47. The van der Waals surface area contributed by atoms with E-state index in [1.165, 1.54) is 24.5 Å². The van der Waals surface area contributed by atoms with E-state index in [0.29, 0.717) is 16.0 Å². The molecule has 1 N–H and O–H groups in total. The van der Waals surface area contributed by atoms with Gasteiger partial charge in [0.15, 0.2) is 12.4 Å². The van der Waals surface area contributed by atoms with Crippen molar-refractivity contribution in [3.05, 3.63) is 101 Å². The largest absolute Gasteiger partial charge is 0.619 e. The Labute approximate surface area is 156 Å². The fraction of sp³-hybridized carbons (Fsp3) is 0.0952. The summed E-state index contributed by atoms with van der Waals surface area (Å²) in [4.78, 5) is 25.2. The van der Waals surface area contributed by atoms with Crippen molar-refractivity contribution in [2.24, 2.45) is 0 Å². The molecule has 0 aliphatic carbocycles. The molecule has 0 fully saturated rings. The molecular weight excluding hydrogens is 344 g/mol. The SMILES string of the molecule is Cc1ccc(NC(=O)[C@H](OC(=O)c2cc[n+]([O-])cc2)c2ccccc2)cc1. The number of carbonyl (C=O) groups is 2. The predicted molar refractivity (Wildman–Crippen MR) is 99.8 cm³/mol. The molecule has 0 aliphatic rings. The van der Waals surface area contributed by atoms with Crippen LogP contribution in [0.5, 0.6) is 0 Å². The molecule has 27 heavy (non-hydrogen) atoms. The number of ether oxygens (including phenoxy) is 1. The smallest absolute Gasteiger partial charge is 0.339 e. The highest BCUT2D eigenvalue weighted by atomic mass is 16.5. The fourth-order valence-corrected chi connectivity index (χ4v) is 2.47. The number of aryl methyl sites for hydroxylation is 1. The average Bonchev–Trinajstić information content (AvgIpc) is 2.69. The minimum Gasteiger partial charge on any atom is -0.619 e. The highest BCUT2D eigenvalue weighted by molar-refractivity contribution is 5.98. The normalized spacial score (nSPS) is 11.4. The number of anilines is 1. The van der Waals surface area contributed by atoms with Gasteiger partial charge in [-0.2, -0.15) is 4.73 Å². The summed E-state index contributed by atoms with van der Waals surface area (Å²) >= 11 is 0. The number of aromatic nitrogens is 1. The molecule has 0 bridgehead atoms. The first kappa shape index (κ1) is 18.1. The van der Waals surface area contributed by atoms with Gasteiger partial charge in [-0.05, 0) is 19.1 Å². The first-order chi connectivity index (χ1) is 13.0. The van der Waals surface area contributed by atoms with Crippen molar-refractivity contribution >= 4 is 17.6 Å². The number of nitrogens with one attached hydrogen (secondary N) is 1. The summed E-state index contributed by atoms with van der Waals surface area (Å²) in [7, 11) is 0. The first-order valence-electron chi connectivity index (χ1n) is 8.35. The van der Waals surface area contributed by atoms with Gasteiger partial charge < -0.3 is 15.3 Å². The molecule has 0 radical (unpaired) electrons. The van der Waals surface area contributed by atoms with E-state index >= 15 is 0 Å². The molecule has 3 aromatic rings. The number of carbonyl (C=O) groups excluding carboxylic acids is 2. The van der Waals surface area contributed by atoms with Gasteiger partial charge in [-0.1, -0.05) is 48.0 Å². The minimum atomic E-state index is -1.13. The zero-order chi connectivity index (χ0) is 19.2. The third-order valence-corrected chi connectivity index (χ3v) is 3.92. The summed E-state index contributed by atoms with van der Waals surface area (Å²) in [6.07, 6.45) is 1.26. The lowest BCUT2D eigenvalue weighted by molar-refractivity contribution is -0.605. The van der Waals surface area contributed by atoms with E-state index in [9.17, 15) is 14.8 Å². The van der Waals surface area contributed by atoms with E-state index in [2.05, 4.69) is 5.32 Å². The van der Waals surface area contributed by atoms with E-state index in [1.807, 2.05) is 25.1 Å². The van der Waals surface area contributed by atoms with Gasteiger partial charge in [0.2, 0.25) is 6.10 Å². The van der Waals surface area contributed by atoms with E-state index in [-0.39, 0.29) is 5.56 Å². The Morgan fingerprint density at radius 3 is 2.22 bits per heavy atom. The van der Waals surface area contributed by atoms with Crippen molar-refractivity contribution in [2.75, 3.05) is 5.32 Å². The standard InChI is InChI=1S/C21H18N2O4/c1-15-7-9-18(10-8-15)22-20(24)19(16-5-3-2-4-6-16)27-21(25)17-11-13-23(26)14-12-17/h2-14,19H,1H3,(H,22,24)/t19-/m1/s1. The number of nitrogens with zero attached hydrogens (tertiary/aromatic N) is 1. The molecule has 2 aromatic carbocycles. The highest BCUT2D eigenvalue weighted by Gasteiger charge is 2.26. The number of benzene rings is 2. The summed E-state index contributed by atoms with van der Waals surface area (Å²) in [5.74, 6) is -1.16. The maximum atomic E-state index is 12.8. The van der Waals surface area contributed by atoms with Crippen LogP contribution in [0.2, 0.25) is 0 Å². The monoisotopic (exact) mass is 362 g/mol. The molecule has 0 saturated carbocycles. The van der Waals surface area contributed by atoms with Crippen LogP contribution in [0.4, 0.5) is 5.69 Å². The molecule has 0 spiro atoms. The molecule has 6 nitrogen and oxygen atoms in total. The lowest BCUT2D eigenvalue weighted by Crippen LogP contribution is -2.27. The van der Waals surface area contributed by atoms with Crippen LogP contribution in [0, 0.1) is 12.1 Å².